The minimum absolute atomic E-state index is 0.311. The third kappa shape index (κ3) is 4.28. The SMILES string of the molecule is C=NC(=N/C(=N\Cn1c2c3ccccc3ccc2c2c3ccccc3c3c4ccccc4oc3c21)c1ccccc1)c1ccccc1. The lowest BCUT2D eigenvalue weighted by Crippen LogP contribution is -2.07. The average Bonchev–Trinajstić information content (AvgIpc) is 3.69. The average molecular weight is 605 g/mol. The quantitative estimate of drug-likeness (QED) is 0.146. The molecule has 2 heterocycles. The van der Waals surface area contributed by atoms with Crippen LogP contribution in [0.5, 0.6) is 0 Å². The number of aromatic nitrogens is 1. The normalized spacial score (nSPS) is 12.7. The van der Waals surface area contributed by atoms with Crippen LogP contribution in [0.3, 0.4) is 0 Å². The first-order valence-electron chi connectivity index (χ1n) is 15.7. The maximum Gasteiger partial charge on any atom is 0.161 e. The van der Waals surface area contributed by atoms with Crippen LogP contribution in [0.1, 0.15) is 11.1 Å². The highest BCUT2D eigenvalue weighted by Crippen LogP contribution is 2.45. The van der Waals surface area contributed by atoms with Gasteiger partial charge in [0.1, 0.15) is 12.3 Å². The van der Waals surface area contributed by atoms with Crippen molar-refractivity contribution in [2.75, 3.05) is 0 Å². The van der Waals surface area contributed by atoms with Crippen LogP contribution in [0.25, 0.3) is 65.3 Å². The summed E-state index contributed by atoms with van der Waals surface area (Å²) in [6.45, 7) is 4.15. The van der Waals surface area contributed by atoms with Gasteiger partial charge in [-0.1, -0.05) is 140 Å². The van der Waals surface area contributed by atoms with Gasteiger partial charge in [0.25, 0.3) is 0 Å². The molecule has 222 valence electrons. The van der Waals surface area contributed by atoms with Crippen molar-refractivity contribution in [2.24, 2.45) is 15.0 Å². The van der Waals surface area contributed by atoms with E-state index in [2.05, 4.69) is 89.1 Å². The Kier molecular flexibility index (Phi) is 6.28. The third-order valence-electron chi connectivity index (χ3n) is 9.01. The summed E-state index contributed by atoms with van der Waals surface area (Å²) in [6.07, 6.45) is 0. The molecule has 0 aliphatic carbocycles. The number of fused-ring (bicyclic) bond motifs is 12. The first-order valence-corrected chi connectivity index (χ1v) is 15.7. The summed E-state index contributed by atoms with van der Waals surface area (Å²) in [4.78, 5) is 14.6. The number of aliphatic imine (C=N–C) groups is 3. The number of hydrogen-bond donors (Lipinski definition) is 0. The van der Waals surface area contributed by atoms with E-state index in [-0.39, 0.29) is 0 Å². The molecule has 0 fully saturated rings. The molecule has 0 N–H and O–H groups in total. The fourth-order valence-electron chi connectivity index (χ4n) is 6.97. The number of nitrogens with zero attached hydrogens (tertiary/aromatic N) is 4. The van der Waals surface area contributed by atoms with Crippen molar-refractivity contribution in [3.8, 4) is 0 Å². The molecule has 7 aromatic carbocycles. The Balaban J connectivity index is 1.41. The summed E-state index contributed by atoms with van der Waals surface area (Å²) in [7, 11) is 0. The summed E-state index contributed by atoms with van der Waals surface area (Å²) in [5.41, 5.74) is 5.63. The predicted molar refractivity (Wildman–Crippen MR) is 197 cm³/mol. The van der Waals surface area contributed by atoms with E-state index < -0.39 is 0 Å². The summed E-state index contributed by atoms with van der Waals surface area (Å²) in [6, 6.07) is 49.9. The Labute approximate surface area is 270 Å². The summed E-state index contributed by atoms with van der Waals surface area (Å²) in [5, 5.41) is 9.23. The van der Waals surface area contributed by atoms with Crippen LogP contribution in [-0.2, 0) is 6.67 Å². The largest absolute Gasteiger partial charge is 0.454 e. The molecule has 47 heavy (non-hydrogen) atoms. The summed E-state index contributed by atoms with van der Waals surface area (Å²) >= 11 is 0. The fourth-order valence-corrected chi connectivity index (χ4v) is 6.97. The van der Waals surface area contributed by atoms with Gasteiger partial charge in [-0.2, -0.15) is 0 Å². The molecular formula is C42H28N4O. The number of benzene rings is 7. The first kappa shape index (κ1) is 27.0. The lowest BCUT2D eigenvalue weighted by molar-refractivity contribution is 0.667. The van der Waals surface area contributed by atoms with Crippen LogP contribution in [0.2, 0.25) is 0 Å². The van der Waals surface area contributed by atoms with Crippen LogP contribution in [0.4, 0.5) is 0 Å². The minimum atomic E-state index is 0.311. The number of hydrogen-bond acceptors (Lipinski definition) is 2. The van der Waals surface area contributed by atoms with E-state index in [1.165, 1.54) is 16.2 Å². The Bertz CT molecular complexity index is 2720. The van der Waals surface area contributed by atoms with Gasteiger partial charge in [0.15, 0.2) is 17.3 Å². The highest BCUT2D eigenvalue weighted by atomic mass is 16.3. The van der Waals surface area contributed by atoms with Gasteiger partial charge >= 0.3 is 0 Å². The Morgan fingerprint density at radius 3 is 1.85 bits per heavy atom. The van der Waals surface area contributed by atoms with Crippen molar-refractivity contribution in [1.82, 2.24) is 4.57 Å². The van der Waals surface area contributed by atoms with Crippen LogP contribution in [0, 0.1) is 0 Å². The Morgan fingerprint density at radius 2 is 1.13 bits per heavy atom. The third-order valence-corrected chi connectivity index (χ3v) is 9.01. The van der Waals surface area contributed by atoms with Gasteiger partial charge in [-0.05, 0) is 28.9 Å². The number of para-hydroxylation sites is 1. The maximum absolute atomic E-state index is 6.77. The van der Waals surface area contributed by atoms with E-state index >= 15 is 0 Å². The number of amidine groups is 2. The van der Waals surface area contributed by atoms with Crippen molar-refractivity contribution in [3.63, 3.8) is 0 Å². The second-order valence-electron chi connectivity index (χ2n) is 11.6. The topological polar surface area (TPSA) is 55.1 Å². The number of furan rings is 1. The minimum Gasteiger partial charge on any atom is -0.454 e. The second kappa shape index (κ2) is 10.9. The molecule has 2 aromatic heterocycles. The number of rotatable bonds is 4. The van der Waals surface area contributed by atoms with Crippen molar-refractivity contribution < 1.29 is 4.42 Å². The lowest BCUT2D eigenvalue weighted by atomic mass is 9.98. The predicted octanol–water partition coefficient (Wildman–Crippen LogP) is 10.6. The molecule has 0 amide bonds. The molecule has 9 rings (SSSR count). The first-order chi connectivity index (χ1) is 23.3. The van der Waals surface area contributed by atoms with Crippen LogP contribution < -0.4 is 0 Å². The van der Waals surface area contributed by atoms with E-state index in [0.717, 1.165) is 60.3 Å². The van der Waals surface area contributed by atoms with Crippen molar-refractivity contribution in [1.29, 1.82) is 0 Å². The van der Waals surface area contributed by atoms with E-state index in [4.69, 9.17) is 14.4 Å². The van der Waals surface area contributed by atoms with Gasteiger partial charge in [-0.3, -0.25) is 0 Å². The van der Waals surface area contributed by atoms with Gasteiger partial charge in [0.2, 0.25) is 0 Å². The van der Waals surface area contributed by atoms with Gasteiger partial charge in [0, 0.05) is 38.1 Å². The van der Waals surface area contributed by atoms with Crippen molar-refractivity contribution in [2.45, 2.75) is 6.67 Å². The fraction of sp³-hybridized carbons (Fsp3) is 0.0238. The smallest absolute Gasteiger partial charge is 0.161 e. The molecule has 0 bridgehead atoms. The molecule has 0 atom stereocenters. The van der Waals surface area contributed by atoms with Gasteiger partial charge in [-0.15, -0.1) is 0 Å². The molecule has 0 aliphatic rings. The molecule has 0 spiro atoms. The van der Waals surface area contributed by atoms with E-state index in [0.29, 0.717) is 18.3 Å². The standard InChI is InChI=1S/C42H28N4O/c1-43-41(28-15-4-2-5-16-28)45-42(29-17-6-3-7-18-29)44-26-46-38-30-19-9-8-14-27(30)24-25-34(38)36-31-20-10-11-21-32(31)37-33-22-12-13-23-35(33)47-40(37)39(36)46/h2-25H,1,26H2/b44-42-,45-41?. The van der Waals surface area contributed by atoms with Gasteiger partial charge < -0.3 is 8.98 Å². The highest BCUT2D eigenvalue weighted by molar-refractivity contribution is 6.36. The van der Waals surface area contributed by atoms with Gasteiger partial charge in [-0.25, -0.2) is 15.0 Å². The molecular weight excluding hydrogens is 576 g/mol. The molecule has 5 heteroatoms. The summed E-state index contributed by atoms with van der Waals surface area (Å²) < 4.78 is 9.08. The van der Waals surface area contributed by atoms with E-state index in [1.54, 1.807) is 0 Å². The van der Waals surface area contributed by atoms with Crippen molar-refractivity contribution in [3.05, 3.63) is 157 Å². The van der Waals surface area contributed by atoms with E-state index in [1.807, 2.05) is 72.8 Å². The lowest BCUT2D eigenvalue weighted by Gasteiger charge is -2.10. The monoisotopic (exact) mass is 604 g/mol. The second-order valence-corrected chi connectivity index (χ2v) is 11.6. The zero-order valence-electron chi connectivity index (χ0n) is 25.5. The van der Waals surface area contributed by atoms with Gasteiger partial charge in [0.05, 0.1) is 11.0 Å². The maximum atomic E-state index is 6.77. The Hall–Kier alpha value is -6.33. The highest BCUT2D eigenvalue weighted by Gasteiger charge is 2.23. The van der Waals surface area contributed by atoms with E-state index in [9.17, 15) is 0 Å². The molecule has 5 nitrogen and oxygen atoms in total. The molecule has 9 aromatic rings. The summed E-state index contributed by atoms with van der Waals surface area (Å²) in [5.74, 6) is 1.10. The van der Waals surface area contributed by atoms with Crippen LogP contribution in [0.15, 0.2) is 165 Å². The van der Waals surface area contributed by atoms with Crippen molar-refractivity contribution >= 4 is 83.7 Å². The molecule has 0 radical (unpaired) electrons. The van der Waals surface area contributed by atoms with Crippen LogP contribution in [-0.4, -0.2) is 23.0 Å². The van der Waals surface area contributed by atoms with Crippen LogP contribution >= 0.6 is 0 Å². The zero-order chi connectivity index (χ0) is 31.3. The molecule has 0 saturated carbocycles. The zero-order valence-corrected chi connectivity index (χ0v) is 25.5. The molecule has 0 saturated heterocycles. The Morgan fingerprint density at radius 1 is 0.532 bits per heavy atom. The molecule has 0 aliphatic heterocycles. The molecule has 0 unspecified atom stereocenters.